The molecule has 0 spiro atoms. The van der Waals surface area contributed by atoms with E-state index in [0.717, 1.165) is 0 Å². The second kappa shape index (κ2) is 9.85. The minimum Gasteiger partial charge on any atom is -0.493 e. The number of anilines is 1. The first-order chi connectivity index (χ1) is 14.8. The van der Waals surface area contributed by atoms with Crippen molar-refractivity contribution in [2.45, 2.75) is 13.8 Å². The summed E-state index contributed by atoms with van der Waals surface area (Å²) in [6.45, 7) is 4.66. The van der Waals surface area contributed by atoms with Crippen LogP contribution in [0.25, 0.3) is 11.3 Å². The summed E-state index contributed by atoms with van der Waals surface area (Å²) in [4.78, 5) is 25.1. The van der Waals surface area contributed by atoms with Crippen LogP contribution >= 0.6 is 23.2 Å². The molecule has 2 aromatic carbocycles. The lowest BCUT2D eigenvalue weighted by Crippen LogP contribution is -2.14. The number of carbonyl (C=O) groups is 2. The summed E-state index contributed by atoms with van der Waals surface area (Å²) in [6, 6.07) is 11.4. The smallest absolute Gasteiger partial charge is 0.345 e. The number of hydrogen-bond donors (Lipinski definition) is 1. The zero-order valence-corrected chi connectivity index (χ0v) is 18.6. The molecule has 162 valence electrons. The highest BCUT2D eigenvalue weighted by Gasteiger charge is 2.28. The van der Waals surface area contributed by atoms with Gasteiger partial charge in [-0.25, -0.2) is 4.79 Å². The van der Waals surface area contributed by atoms with Gasteiger partial charge in [0.25, 0.3) is 5.91 Å². The van der Waals surface area contributed by atoms with E-state index < -0.39 is 11.9 Å². The number of carbonyl (C=O) groups excluding carboxylic acids is 2. The van der Waals surface area contributed by atoms with Crippen LogP contribution in [0.2, 0.25) is 10.0 Å². The molecule has 0 bridgehead atoms. The topological polar surface area (TPSA) is 90.7 Å². The third-order valence-corrected chi connectivity index (χ3v) is 4.84. The fourth-order valence-corrected chi connectivity index (χ4v) is 3.28. The van der Waals surface area contributed by atoms with E-state index in [1.54, 1.807) is 42.5 Å². The predicted octanol–water partition coefficient (Wildman–Crippen LogP) is 5.72. The van der Waals surface area contributed by atoms with Gasteiger partial charge in [-0.15, -0.1) is 0 Å². The van der Waals surface area contributed by atoms with Crippen LogP contribution in [0.4, 0.5) is 5.88 Å². The normalized spacial score (nSPS) is 10.8. The molecule has 0 aliphatic heterocycles. The van der Waals surface area contributed by atoms with Crippen molar-refractivity contribution < 1.29 is 23.6 Å². The van der Waals surface area contributed by atoms with Gasteiger partial charge in [0.2, 0.25) is 5.88 Å². The highest BCUT2D eigenvalue weighted by molar-refractivity contribution is 6.39. The molecule has 0 radical (unpaired) electrons. The summed E-state index contributed by atoms with van der Waals surface area (Å²) in [7, 11) is 1.20. The van der Waals surface area contributed by atoms with E-state index in [4.69, 9.17) is 37.2 Å². The Kier molecular flexibility index (Phi) is 7.20. The first-order valence-electron chi connectivity index (χ1n) is 9.38. The molecule has 7 nitrogen and oxygen atoms in total. The van der Waals surface area contributed by atoms with E-state index in [1.807, 2.05) is 13.8 Å². The van der Waals surface area contributed by atoms with E-state index in [2.05, 4.69) is 10.5 Å². The van der Waals surface area contributed by atoms with Gasteiger partial charge in [-0.05, 0) is 42.3 Å². The first kappa shape index (κ1) is 22.7. The largest absolute Gasteiger partial charge is 0.493 e. The summed E-state index contributed by atoms with van der Waals surface area (Å²) in [6.07, 6.45) is 0. The molecule has 3 aromatic rings. The number of esters is 1. The number of rotatable bonds is 7. The Morgan fingerprint density at radius 2 is 1.74 bits per heavy atom. The highest BCUT2D eigenvalue weighted by Crippen LogP contribution is 2.38. The Morgan fingerprint density at radius 1 is 1.10 bits per heavy atom. The van der Waals surface area contributed by atoms with Crippen molar-refractivity contribution in [3.63, 3.8) is 0 Å². The summed E-state index contributed by atoms with van der Waals surface area (Å²) < 4.78 is 15.7. The molecule has 0 aliphatic carbocycles. The Labute approximate surface area is 189 Å². The fraction of sp³-hybridized carbons (Fsp3) is 0.227. The fourth-order valence-electron chi connectivity index (χ4n) is 2.70. The van der Waals surface area contributed by atoms with Gasteiger partial charge in [0, 0.05) is 11.1 Å². The molecule has 0 saturated heterocycles. The molecular weight excluding hydrogens is 443 g/mol. The maximum absolute atomic E-state index is 12.7. The van der Waals surface area contributed by atoms with Crippen molar-refractivity contribution in [3.05, 3.63) is 63.6 Å². The minimum atomic E-state index is -0.764. The number of ether oxygens (including phenoxy) is 2. The van der Waals surface area contributed by atoms with Gasteiger partial charge in [0.05, 0.1) is 23.8 Å². The average molecular weight is 463 g/mol. The third-order valence-electron chi connectivity index (χ3n) is 4.21. The SMILES string of the molecule is COC(=O)c1c(-c2c(Cl)cccc2Cl)noc1NC(=O)c1ccc(OCC(C)C)cc1. The van der Waals surface area contributed by atoms with Crippen LogP contribution in [0.5, 0.6) is 5.75 Å². The maximum Gasteiger partial charge on any atom is 0.345 e. The predicted molar refractivity (Wildman–Crippen MR) is 118 cm³/mol. The zero-order valence-electron chi connectivity index (χ0n) is 17.1. The number of aromatic nitrogens is 1. The number of nitrogens with zero attached hydrogens (tertiary/aromatic N) is 1. The molecule has 0 atom stereocenters. The molecule has 1 heterocycles. The second-order valence-electron chi connectivity index (χ2n) is 7.01. The van der Waals surface area contributed by atoms with Crippen molar-refractivity contribution in [3.8, 4) is 17.0 Å². The molecule has 1 aromatic heterocycles. The van der Waals surface area contributed by atoms with Gasteiger partial charge in [-0.3, -0.25) is 10.1 Å². The quantitative estimate of drug-likeness (QED) is 0.451. The molecule has 0 unspecified atom stereocenters. The van der Waals surface area contributed by atoms with E-state index in [1.165, 1.54) is 7.11 Å². The van der Waals surface area contributed by atoms with Crippen molar-refractivity contribution >= 4 is 41.0 Å². The molecule has 0 aliphatic rings. The van der Waals surface area contributed by atoms with Crippen molar-refractivity contribution in [2.75, 3.05) is 19.0 Å². The number of amides is 1. The van der Waals surface area contributed by atoms with Crippen LogP contribution in [-0.2, 0) is 4.74 Å². The van der Waals surface area contributed by atoms with Crippen LogP contribution in [0.3, 0.4) is 0 Å². The molecular formula is C22H20Cl2N2O5. The van der Waals surface area contributed by atoms with Crippen LogP contribution < -0.4 is 10.1 Å². The third kappa shape index (κ3) is 5.18. The number of halogens is 2. The lowest BCUT2D eigenvalue weighted by Gasteiger charge is -2.09. The monoisotopic (exact) mass is 462 g/mol. The van der Waals surface area contributed by atoms with Crippen LogP contribution in [0.15, 0.2) is 47.0 Å². The average Bonchev–Trinajstić information content (AvgIpc) is 3.14. The summed E-state index contributed by atoms with van der Waals surface area (Å²) >= 11 is 12.5. The Morgan fingerprint density at radius 3 is 2.32 bits per heavy atom. The van der Waals surface area contributed by atoms with Crippen LogP contribution in [-0.4, -0.2) is 30.7 Å². The van der Waals surface area contributed by atoms with Crippen LogP contribution in [0, 0.1) is 5.92 Å². The molecule has 9 heteroatoms. The van der Waals surface area contributed by atoms with Gasteiger partial charge in [-0.1, -0.05) is 48.3 Å². The van der Waals surface area contributed by atoms with Gasteiger partial charge in [-0.2, -0.15) is 0 Å². The van der Waals surface area contributed by atoms with E-state index >= 15 is 0 Å². The maximum atomic E-state index is 12.7. The Hall–Kier alpha value is -3.03. The van der Waals surface area contributed by atoms with Crippen molar-refractivity contribution in [1.29, 1.82) is 0 Å². The summed E-state index contributed by atoms with van der Waals surface area (Å²) in [5.74, 6) is -0.417. The Balaban J connectivity index is 1.89. The molecule has 3 rings (SSSR count). The Bertz CT molecular complexity index is 1070. The molecule has 1 amide bonds. The lowest BCUT2D eigenvalue weighted by molar-refractivity contribution is 0.0602. The van der Waals surface area contributed by atoms with Crippen molar-refractivity contribution in [1.82, 2.24) is 5.16 Å². The number of nitrogens with one attached hydrogen (secondary N) is 1. The van der Waals surface area contributed by atoms with E-state index in [0.29, 0.717) is 29.4 Å². The van der Waals surface area contributed by atoms with Gasteiger partial charge >= 0.3 is 5.97 Å². The molecule has 31 heavy (non-hydrogen) atoms. The summed E-state index contributed by atoms with van der Waals surface area (Å²) in [5.41, 5.74) is 0.599. The number of hydrogen-bond acceptors (Lipinski definition) is 6. The van der Waals surface area contributed by atoms with Gasteiger partial charge in [0.15, 0.2) is 5.56 Å². The molecule has 0 saturated carbocycles. The highest BCUT2D eigenvalue weighted by atomic mass is 35.5. The zero-order chi connectivity index (χ0) is 22.5. The standard InChI is InChI=1S/C22H20Cl2N2O5/c1-12(2)11-30-14-9-7-13(8-10-14)20(27)25-21-18(22(28)29-3)19(26-31-21)17-15(23)5-4-6-16(17)24/h4-10,12H,11H2,1-3H3,(H,25,27). The number of methoxy groups -OCH3 is 1. The summed E-state index contributed by atoms with van der Waals surface area (Å²) in [5, 5.41) is 6.97. The number of benzene rings is 2. The second-order valence-corrected chi connectivity index (χ2v) is 7.82. The van der Waals surface area contributed by atoms with E-state index in [9.17, 15) is 9.59 Å². The molecule has 1 N–H and O–H groups in total. The minimum absolute atomic E-state index is 0.0650. The van der Waals surface area contributed by atoms with Crippen LogP contribution in [0.1, 0.15) is 34.6 Å². The van der Waals surface area contributed by atoms with Gasteiger partial charge in [0.1, 0.15) is 11.4 Å². The molecule has 0 fully saturated rings. The lowest BCUT2D eigenvalue weighted by atomic mass is 10.1. The first-order valence-corrected chi connectivity index (χ1v) is 10.1. The van der Waals surface area contributed by atoms with Gasteiger partial charge < -0.3 is 14.0 Å². The van der Waals surface area contributed by atoms with Crippen molar-refractivity contribution in [2.24, 2.45) is 5.92 Å². The van der Waals surface area contributed by atoms with E-state index in [-0.39, 0.29) is 27.2 Å².